The van der Waals surface area contributed by atoms with Gasteiger partial charge in [0.1, 0.15) is 4.60 Å². The molecule has 44 valence electrons. The van der Waals surface area contributed by atoms with Crippen LogP contribution in [0.5, 0.6) is 5.19 Å². The first-order chi connectivity index (χ1) is 5.38. The Labute approximate surface area is 65.3 Å². The van der Waals surface area contributed by atoms with Gasteiger partial charge < -0.3 is 4.74 Å². The lowest BCUT2D eigenvalue weighted by atomic mass is 11.0. The van der Waals surface area contributed by atoms with E-state index in [1.807, 2.05) is 0 Å². The predicted molar refractivity (Wildman–Crippen MR) is 36.4 cm³/mol. The zero-order valence-corrected chi connectivity index (χ0v) is 6.04. The Morgan fingerprint density at radius 2 is 3.12 bits per heavy atom. The van der Waals surface area contributed by atoms with E-state index >= 15 is 0 Å². The van der Waals surface area contributed by atoms with Crippen molar-refractivity contribution in [3.05, 3.63) is 9.96 Å². The first kappa shape index (κ1) is 2.66. The lowest BCUT2D eigenvalue weighted by Crippen LogP contribution is -1.77. The summed E-state index contributed by atoms with van der Waals surface area (Å²) in [5.41, 5.74) is 0. The SMILES string of the molecule is [2H]c1sc(OC([2H])([2H])[2H])nc1Br. The van der Waals surface area contributed by atoms with Gasteiger partial charge in [0.25, 0.3) is 5.19 Å². The summed E-state index contributed by atoms with van der Waals surface area (Å²) in [5.74, 6) is 0. The second-order valence-electron chi connectivity index (χ2n) is 0.975. The zero-order chi connectivity index (χ0) is 9.35. The smallest absolute Gasteiger partial charge is 0.273 e. The van der Waals surface area contributed by atoms with E-state index < -0.39 is 7.04 Å². The fourth-order valence-electron chi connectivity index (χ4n) is 0.255. The molecule has 0 bridgehead atoms. The van der Waals surface area contributed by atoms with Gasteiger partial charge in [-0.1, -0.05) is 11.3 Å². The van der Waals surface area contributed by atoms with Gasteiger partial charge in [-0.15, -0.1) is 0 Å². The Bertz CT molecular complexity index is 266. The van der Waals surface area contributed by atoms with Crippen LogP contribution in [0.25, 0.3) is 0 Å². The molecular weight excluding hydrogens is 190 g/mol. The van der Waals surface area contributed by atoms with Crippen LogP contribution in [-0.4, -0.2) is 12.0 Å². The Balaban J connectivity index is 2.77. The molecule has 4 heteroatoms. The average Bonchev–Trinajstić information content (AvgIpc) is 2.07. The summed E-state index contributed by atoms with van der Waals surface area (Å²) >= 11 is 3.84. The first-order valence-electron chi connectivity index (χ1n) is 3.70. The molecule has 0 saturated carbocycles. The lowest BCUT2D eigenvalue weighted by molar-refractivity contribution is 0.411. The molecule has 0 atom stereocenters. The Kier molecular flexibility index (Phi) is 0.818. The van der Waals surface area contributed by atoms with Crippen LogP contribution in [0.3, 0.4) is 0 Å². The summed E-state index contributed by atoms with van der Waals surface area (Å²) in [6, 6.07) is 0. The van der Waals surface area contributed by atoms with Crippen LogP contribution in [0.4, 0.5) is 0 Å². The highest BCUT2D eigenvalue weighted by Gasteiger charge is 1.94. The molecule has 1 rings (SSSR count). The maximum absolute atomic E-state index is 7.19. The molecular formula is C4H4BrNOS. The number of aromatic nitrogens is 1. The molecule has 0 amide bonds. The number of methoxy groups -OCH3 is 1. The monoisotopic (exact) mass is 197 g/mol. The molecule has 0 N–H and O–H groups in total. The van der Waals surface area contributed by atoms with Gasteiger partial charge in [0.05, 0.1) is 12.5 Å². The van der Waals surface area contributed by atoms with Crippen LogP contribution in [0.15, 0.2) is 9.96 Å². The Hall–Kier alpha value is -0.0900. The van der Waals surface area contributed by atoms with Crippen molar-refractivity contribution in [2.75, 3.05) is 7.04 Å². The highest BCUT2D eigenvalue weighted by Crippen LogP contribution is 2.20. The summed E-state index contributed by atoms with van der Waals surface area (Å²) in [4.78, 5) is 3.66. The maximum atomic E-state index is 7.19. The standard InChI is InChI=1S/C4H4BrNOS/c1-7-4-6-3(5)2-8-4/h2H,1H3/i1D3,2D. The third-order valence-corrected chi connectivity index (χ3v) is 1.78. The number of hydrogen-bond donors (Lipinski definition) is 0. The molecule has 0 unspecified atom stereocenters. The summed E-state index contributed by atoms with van der Waals surface area (Å²) in [7, 11) is -2.50. The molecule has 0 spiro atoms. The molecule has 0 radical (unpaired) electrons. The normalized spacial score (nSPS) is 18.1. The van der Waals surface area contributed by atoms with Gasteiger partial charge in [-0.3, -0.25) is 0 Å². The van der Waals surface area contributed by atoms with Crippen molar-refractivity contribution in [3.8, 4) is 5.19 Å². The van der Waals surface area contributed by atoms with E-state index in [2.05, 4.69) is 25.7 Å². The number of rotatable bonds is 1. The maximum Gasteiger partial charge on any atom is 0.273 e. The predicted octanol–water partition coefficient (Wildman–Crippen LogP) is 1.91. The zero-order valence-electron chi connectivity index (χ0n) is 7.64. The molecule has 0 aliphatic rings. The lowest BCUT2D eigenvalue weighted by Gasteiger charge is -1.84. The van der Waals surface area contributed by atoms with Crippen molar-refractivity contribution in [1.29, 1.82) is 0 Å². The van der Waals surface area contributed by atoms with Crippen LogP contribution < -0.4 is 4.74 Å². The van der Waals surface area contributed by atoms with Crippen molar-refractivity contribution < 1.29 is 10.2 Å². The highest BCUT2D eigenvalue weighted by atomic mass is 79.9. The molecule has 0 aromatic carbocycles. The van der Waals surface area contributed by atoms with Crippen LogP contribution in [0.2, 0.25) is 0 Å². The Morgan fingerprint density at radius 1 is 2.25 bits per heavy atom. The molecule has 1 heterocycles. The van der Waals surface area contributed by atoms with E-state index in [4.69, 9.17) is 5.48 Å². The minimum Gasteiger partial charge on any atom is -0.473 e. The van der Waals surface area contributed by atoms with Crippen molar-refractivity contribution in [2.24, 2.45) is 0 Å². The number of hydrogen-bond acceptors (Lipinski definition) is 3. The summed E-state index contributed by atoms with van der Waals surface area (Å²) in [5, 5.41) is 0.126. The minimum atomic E-state index is -2.50. The van der Waals surface area contributed by atoms with Crippen molar-refractivity contribution in [2.45, 2.75) is 0 Å². The molecule has 1 aromatic heterocycles. The fraction of sp³-hybridized carbons (Fsp3) is 0.250. The molecule has 8 heavy (non-hydrogen) atoms. The van der Waals surface area contributed by atoms with Gasteiger partial charge in [-0.05, 0) is 15.9 Å². The van der Waals surface area contributed by atoms with Gasteiger partial charge in [0.15, 0.2) is 0 Å². The quantitative estimate of drug-likeness (QED) is 0.687. The molecule has 0 aliphatic heterocycles. The van der Waals surface area contributed by atoms with Gasteiger partial charge in [-0.2, -0.15) is 4.98 Å². The van der Waals surface area contributed by atoms with E-state index in [1.54, 1.807) is 0 Å². The second kappa shape index (κ2) is 2.46. The molecule has 0 aliphatic carbocycles. The topological polar surface area (TPSA) is 22.1 Å². The summed E-state index contributed by atoms with van der Waals surface area (Å²) in [6.45, 7) is 0. The first-order valence-corrected chi connectivity index (χ1v) is 3.31. The van der Waals surface area contributed by atoms with E-state index in [1.165, 1.54) is 0 Å². The largest absolute Gasteiger partial charge is 0.473 e. The molecule has 1 aromatic rings. The fourth-order valence-corrected chi connectivity index (χ4v) is 1.17. The summed E-state index contributed by atoms with van der Waals surface area (Å²) in [6.07, 6.45) is 0. The third kappa shape index (κ3) is 1.20. The van der Waals surface area contributed by atoms with E-state index in [9.17, 15) is 0 Å². The number of thiazole rings is 1. The average molecular weight is 198 g/mol. The van der Waals surface area contributed by atoms with Crippen LogP contribution in [0, 0.1) is 0 Å². The van der Waals surface area contributed by atoms with Gasteiger partial charge in [0.2, 0.25) is 0 Å². The molecule has 2 nitrogen and oxygen atoms in total. The van der Waals surface area contributed by atoms with Crippen molar-refractivity contribution in [1.82, 2.24) is 4.98 Å². The van der Waals surface area contributed by atoms with E-state index in [-0.39, 0.29) is 10.5 Å². The number of ether oxygens (including phenoxy) is 1. The van der Waals surface area contributed by atoms with Gasteiger partial charge in [0, 0.05) is 5.36 Å². The number of nitrogens with zero attached hydrogens (tertiary/aromatic N) is 1. The minimum absolute atomic E-state index is 0.0214. The van der Waals surface area contributed by atoms with E-state index in [0.717, 1.165) is 11.3 Å². The van der Waals surface area contributed by atoms with Crippen LogP contribution in [-0.2, 0) is 0 Å². The van der Waals surface area contributed by atoms with Crippen molar-refractivity contribution >= 4 is 27.3 Å². The second-order valence-corrected chi connectivity index (χ2v) is 2.48. The molecule has 0 saturated heterocycles. The number of halogens is 1. The van der Waals surface area contributed by atoms with Crippen molar-refractivity contribution in [3.63, 3.8) is 0 Å². The van der Waals surface area contributed by atoms with Gasteiger partial charge >= 0.3 is 0 Å². The molecule has 0 fully saturated rings. The summed E-state index contributed by atoms with van der Waals surface area (Å²) < 4.78 is 32.2. The van der Waals surface area contributed by atoms with Crippen LogP contribution in [0.1, 0.15) is 5.48 Å². The third-order valence-electron chi connectivity index (χ3n) is 0.499. The van der Waals surface area contributed by atoms with Crippen LogP contribution >= 0.6 is 27.3 Å². The highest BCUT2D eigenvalue weighted by molar-refractivity contribution is 9.10. The Morgan fingerprint density at radius 3 is 3.62 bits per heavy atom. The van der Waals surface area contributed by atoms with E-state index in [0.29, 0.717) is 4.60 Å². The van der Waals surface area contributed by atoms with Gasteiger partial charge in [-0.25, -0.2) is 0 Å².